The maximum absolute atomic E-state index is 12.8. The zero-order valence-electron chi connectivity index (χ0n) is 13.9. The van der Waals surface area contributed by atoms with Crippen LogP contribution in [0.15, 0.2) is 54.7 Å². The van der Waals surface area contributed by atoms with Gasteiger partial charge in [0, 0.05) is 30.7 Å². The van der Waals surface area contributed by atoms with Crippen molar-refractivity contribution in [2.24, 2.45) is 0 Å². The fourth-order valence-electron chi connectivity index (χ4n) is 2.30. The van der Waals surface area contributed by atoms with Crippen molar-refractivity contribution < 1.29 is 9.18 Å². The van der Waals surface area contributed by atoms with E-state index in [1.807, 2.05) is 24.3 Å². The molecule has 0 aliphatic heterocycles. The number of nitrogens with one attached hydrogen (secondary N) is 2. The largest absolute Gasteiger partial charge is 0.372 e. The second-order valence-electron chi connectivity index (χ2n) is 5.20. The Labute approximate surface area is 142 Å². The van der Waals surface area contributed by atoms with E-state index >= 15 is 0 Å². The first kappa shape index (κ1) is 17.5. The molecular formula is C19H22FN3O. The van der Waals surface area contributed by atoms with E-state index in [4.69, 9.17) is 0 Å². The third-order valence-electron chi connectivity index (χ3n) is 3.61. The van der Waals surface area contributed by atoms with Crippen molar-refractivity contribution in [2.45, 2.75) is 13.8 Å². The highest BCUT2D eigenvalue weighted by molar-refractivity contribution is 5.90. The number of amides is 2. The highest BCUT2D eigenvalue weighted by atomic mass is 19.1. The van der Waals surface area contributed by atoms with Gasteiger partial charge >= 0.3 is 6.03 Å². The van der Waals surface area contributed by atoms with Crippen molar-refractivity contribution in [3.8, 4) is 0 Å². The molecule has 0 aliphatic carbocycles. The molecule has 24 heavy (non-hydrogen) atoms. The van der Waals surface area contributed by atoms with Crippen LogP contribution in [0.25, 0.3) is 6.08 Å². The van der Waals surface area contributed by atoms with Crippen LogP contribution >= 0.6 is 0 Å². The molecule has 0 aliphatic rings. The van der Waals surface area contributed by atoms with Gasteiger partial charge in [0.15, 0.2) is 0 Å². The lowest BCUT2D eigenvalue weighted by molar-refractivity contribution is 0.255. The van der Waals surface area contributed by atoms with Crippen LogP contribution in [0.3, 0.4) is 0 Å². The topological polar surface area (TPSA) is 44.4 Å². The van der Waals surface area contributed by atoms with Gasteiger partial charge < -0.3 is 15.5 Å². The summed E-state index contributed by atoms with van der Waals surface area (Å²) in [5.41, 5.74) is 2.65. The van der Waals surface area contributed by atoms with Crippen molar-refractivity contribution in [2.75, 3.05) is 23.3 Å². The van der Waals surface area contributed by atoms with Gasteiger partial charge in [0.05, 0.1) is 0 Å². The van der Waals surface area contributed by atoms with Crippen LogP contribution in [-0.2, 0) is 0 Å². The van der Waals surface area contributed by atoms with Crippen LogP contribution in [-0.4, -0.2) is 19.1 Å². The second-order valence-corrected chi connectivity index (χ2v) is 5.20. The number of anilines is 2. The molecule has 0 aromatic heterocycles. The van der Waals surface area contributed by atoms with Crippen molar-refractivity contribution in [3.63, 3.8) is 0 Å². The second kappa shape index (κ2) is 8.72. The maximum Gasteiger partial charge on any atom is 0.323 e. The molecule has 0 bridgehead atoms. The SMILES string of the molecule is CCN(CC)c1ccc(NC(=O)N/C=C/c2ccc(F)cc2)cc1. The summed E-state index contributed by atoms with van der Waals surface area (Å²) in [6, 6.07) is 13.4. The van der Waals surface area contributed by atoms with Crippen molar-refractivity contribution in [1.29, 1.82) is 0 Å². The van der Waals surface area contributed by atoms with Gasteiger partial charge in [-0.25, -0.2) is 9.18 Å². The molecule has 4 nitrogen and oxygen atoms in total. The molecule has 0 saturated heterocycles. The Bertz CT molecular complexity index is 677. The molecule has 2 aromatic carbocycles. The summed E-state index contributed by atoms with van der Waals surface area (Å²) in [4.78, 5) is 14.1. The Hall–Kier alpha value is -2.82. The highest BCUT2D eigenvalue weighted by Crippen LogP contribution is 2.17. The van der Waals surface area contributed by atoms with Crippen LogP contribution < -0.4 is 15.5 Å². The smallest absolute Gasteiger partial charge is 0.323 e. The molecule has 2 N–H and O–H groups in total. The standard InChI is InChI=1S/C19H22FN3O/c1-3-23(4-2)18-11-9-17(10-12-18)22-19(24)21-14-13-15-5-7-16(20)8-6-15/h5-14H,3-4H2,1-2H3,(H2,21,22,24)/b14-13+. The van der Waals surface area contributed by atoms with E-state index in [1.54, 1.807) is 18.2 Å². The number of carbonyl (C=O) groups excluding carboxylic acids is 1. The number of urea groups is 1. The average Bonchev–Trinajstić information content (AvgIpc) is 2.59. The molecule has 0 fully saturated rings. The van der Waals surface area contributed by atoms with Gasteiger partial charge in [-0.1, -0.05) is 12.1 Å². The predicted molar refractivity (Wildman–Crippen MR) is 97.6 cm³/mol. The minimum Gasteiger partial charge on any atom is -0.372 e. The molecule has 0 unspecified atom stereocenters. The van der Waals surface area contributed by atoms with E-state index in [-0.39, 0.29) is 11.8 Å². The van der Waals surface area contributed by atoms with Crippen molar-refractivity contribution >= 4 is 23.5 Å². The summed E-state index contributed by atoms with van der Waals surface area (Å²) in [5, 5.41) is 5.38. The molecular weight excluding hydrogens is 305 g/mol. The number of hydrogen-bond donors (Lipinski definition) is 2. The molecule has 2 aromatic rings. The number of benzene rings is 2. The lowest BCUT2D eigenvalue weighted by Gasteiger charge is -2.21. The van der Waals surface area contributed by atoms with Gasteiger partial charge in [0.1, 0.15) is 5.82 Å². The van der Waals surface area contributed by atoms with Gasteiger partial charge in [-0.15, -0.1) is 0 Å². The zero-order chi connectivity index (χ0) is 17.4. The van der Waals surface area contributed by atoms with E-state index in [0.29, 0.717) is 0 Å². The summed E-state index contributed by atoms with van der Waals surface area (Å²) in [6.45, 7) is 6.10. The number of hydrogen-bond acceptors (Lipinski definition) is 2. The van der Waals surface area contributed by atoms with Gasteiger partial charge in [-0.3, -0.25) is 0 Å². The van der Waals surface area contributed by atoms with Crippen molar-refractivity contribution in [1.82, 2.24) is 5.32 Å². The van der Waals surface area contributed by atoms with E-state index in [1.165, 1.54) is 18.3 Å². The molecule has 0 radical (unpaired) electrons. The fourth-order valence-corrected chi connectivity index (χ4v) is 2.30. The Morgan fingerprint density at radius 2 is 1.67 bits per heavy atom. The molecule has 0 atom stereocenters. The summed E-state index contributed by atoms with van der Waals surface area (Å²) in [5.74, 6) is -0.286. The molecule has 126 valence electrons. The first-order valence-corrected chi connectivity index (χ1v) is 7.97. The Balaban J connectivity index is 1.86. The van der Waals surface area contributed by atoms with Gasteiger partial charge in [0.25, 0.3) is 0 Å². The summed E-state index contributed by atoms with van der Waals surface area (Å²) in [6.07, 6.45) is 3.22. The Kier molecular flexibility index (Phi) is 6.37. The number of carbonyl (C=O) groups is 1. The monoisotopic (exact) mass is 327 g/mol. The highest BCUT2D eigenvalue weighted by Gasteiger charge is 2.03. The molecule has 0 spiro atoms. The first-order chi connectivity index (χ1) is 11.6. The molecule has 0 heterocycles. The molecule has 0 saturated carbocycles. The molecule has 5 heteroatoms. The van der Waals surface area contributed by atoms with Crippen LogP contribution in [0.1, 0.15) is 19.4 Å². The fraction of sp³-hybridized carbons (Fsp3) is 0.211. The van der Waals surface area contributed by atoms with Gasteiger partial charge in [0.2, 0.25) is 0 Å². The first-order valence-electron chi connectivity index (χ1n) is 7.97. The number of nitrogens with zero attached hydrogens (tertiary/aromatic N) is 1. The maximum atomic E-state index is 12.8. The Morgan fingerprint density at radius 1 is 1.04 bits per heavy atom. The van der Waals surface area contributed by atoms with Crippen LogP contribution in [0.4, 0.5) is 20.6 Å². The minimum absolute atomic E-state index is 0.286. The van der Waals surface area contributed by atoms with E-state index in [2.05, 4.69) is 29.4 Å². The normalized spacial score (nSPS) is 10.6. The summed E-state index contributed by atoms with van der Waals surface area (Å²) >= 11 is 0. The molecule has 2 amide bonds. The number of halogens is 1. The Morgan fingerprint density at radius 3 is 2.25 bits per heavy atom. The van der Waals surface area contributed by atoms with E-state index < -0.39 is 0 Å². The van der Waals surface area contributed by atoms with E-state index in [0.717, 1.165) is 30.0 Å². The third kappa shape index (κ3) is 5.12. The average molecular weight is 327 g/mol. The van der Waals surface area contributed by atoms with Crippen LogP contribution in [0, 0.1) is 5.82 Å². The quantitative estimate of drug-likeness (QED) is 0.822. The lowest BCUT2D eigenvalue weighted by atomic mass is 10.2. The predicted octanol–water partition coefficient (Wildman–Crippen LogP) is 4.46. The van der Waals surface area contributed by atoms with Crippen LogP contribution in [0.5, 0.6) is 0 Å². The summed E-state index contributed by atoms with van der Waals surface area (Å²) in [7, 11) is 0. The van der Waals surface area contributed by atoms with Crippen LogP contribution in [0.2, 0.25) is 0 Å². The van der Waals surface area contributed by atoms with Gasteiger partial charge in [-0.2, -0.15) is 0 Å². The van der Waals surface area contributed by atoms with Crippen molar-refractivity contribution in [3.05, 3.63) is 66.1 Å². The lowest BCUT2D eigenvalue weighted by Crippen LogP contribution is -2.24. The third-order valence-corrected chi connectivity index (χ3v) is 3.61. The van der Waals surface area contributed by atoms with Gasteiger partial charge in [-0.05, 0) is 61.9 Å². The molecule has 2 rings (SSSR count). The zero-order valence-corrected chi connectivity index (χ0v) is 13.9. The summed E-state index contributed by atoms with van der Waals surface area (Å²) < 4.78 is 12.8. The number of rotatable bonds is 6. The van der Waals surface area contributed by atoms with E-state index in [9.17, 15) is 9.18 Å². The minimum atomic E-state index is -0.330.